The quantitative estimate of drug-likeness (QED) is 0.853. The van der Waals surface area contributed by atoms with Crippen molar-refractivity contribution in [2.75, 3.05) is 19.6 Å². The van der Waals surface area contributed by atoms with E-state index in [-0.39, 0.29) is 12.1 Å². The lowest BCUT2D eigenvalue weighted by Crippen LogP contribution is -2.58. The summed E-state index contributed by atoms with van der Waals surface area (Å²) in [5.74, 6) is 0.426. The van der Waals surface area contributed by atoms with Crippen LogP contribution < -0.4 is 10.1 Å². The zero-order valence-corrected chi connectivity index (χ0v) is 10.1. The predicted octanol–water partition coefficient (Wildman–Crippen LogP) is 0.746. The van der Waals surface area contributed by atoms with Crippen LogP contribution in [-0.4, -0.2) is 41.7 Å². The fraction of sp³-hybridized carbons (Fsp3) is 0.417. The molecule has 18 heavy (non-hydrogen) atoms. The Balaban J connectivity index is 1.83. The van der Waals surface area contributed by atoms with E-state index in [1.807, 2.05) is 13.0 Å². The number of rotatable bonds is 3. The lowest BCUT2D eigenvalue weighted by molar-refractivity contribution is 0.0416. The zero-order chi connectivity index (χ0) is 13.0. The average molecular weight is 246 g/mol. The number of hydrogen-bond donors (Lipinski definition) is 1. The van der Waals surface area contributed by atoms with Crippen LogP contribution in [-0.2, 0) is 0 Å². The van der Waals surface area contributed by atoms with Gasteiger partial charge in [-0.3, -0.25) is 0 Å². The number of nitrogens with one attached hydrogen (secondary N) is 1. The van der Waals surface area contributed by atoms with Crippen LogP contribution >= 0.6 is 0 Å². The second kappa shape index (κ2) is 5.36. The van der Waals surface area contributed by atoms with E-state index in [0.717, 1.165) is 0 Å². The van der Waals surface area contributed by atoms with Gasteiger partial charge in [0.1, 0.15) is 6.10 Å². The first-order valence-electron chi connectivity index (χ1n) is 5.78. The van der Waals surface area contributed by atoms with Crippen molar-refractivity contribution in [3.05, 3.63) is 23.9 Å². The van der Waals surface area contributed by atoms with Gasteiger partial charge in [0.2, 0.25) is 5.88 Å². The minimum atomic E-state index is -0.0731. The third-order valence-corrected chi connectivity index (χ3v) is 2.61. The number of urea groups is 1. The molecule has 1 aromatic rings. The fourth-order valence-electron chi connectivity index (χ4n) is 1.66. The number of nitrogens with zero attached hydrogens (tertiary/aromatic N) is 3. The van der Waals surface area contributed by atoms with Gasteiger partial charge in [-0.1, -0.05) is 0 Å². The summed E-state index contributed by atoms with van der Waals surface area (Å²) < 4.78 is 5.57. The average Bonchev–Trinajstić information content (AvgIpc) is 2.33. The predicted molar refractivity (Wildman–Crippen MR) is 64.0 cm³/mol. The van der Waals surface area contributed by atoms with Gasteiger partial charge in [0.15, 0.2) is 0 Å². The van der Waals surface area contributed by atoms with E-state index < -0.39 is 0 Å². The number of carbonyl (C=O) groups is 1. The van der Waals surface area contributed by atoms with E-state index in [9.17, 15) is 4.79 Å². The van der Waals surface area contributed by atoms with E-state index in [0.29, 0.717) is 31.1 Å². The molecular weight excluding hydrogens is 232 g/mol. The third-order valence-electron chi connectivity index (χ3n) is 2.61. The molecule has 6 nitrogen and oxygen atoms in total. The highest BCUT2D eigenvalue weighted by Crippen LogP contribution is 2.16. The third kappa shape index (κ3) is 2.69. The topological polar surface area (TPSA) is 78.3 Å². The number of aromatic nitrogens is 1. The summed E-state index contributed by atoms with van der Waals surface area (Å²) in [5.41, 5.74) is 0.514. The summed E-state index contributed by atoms with van der Waals surface area (Å²) in [4.78, 5) is 17.1. The molecule has 0 unspecified atom stereocenters. The highest BCUT2D eigenvalue weighted by atomic mass is 16.5. The van der Waals surface area contributed by atoms with E-state index in [2.05, 4.69) is 10.3 Å². The first-order valence-corrected chi connectivity index (χ1v) is 5.78. The molecule has 2 rings (SSSR count). The summed E-state index contributed by atoms with van der Waals surface area (Å²) >= 11 is 0. The van der Waals surface area contributed by atoms with Gasteiger partial charge in [0.25, 0.3) is 0 Å². The molecule has 2 amide bonds. The van der Waals surface area contributed by atoms with Crippen molar-refractivity contribution in [2.45, 2.75) is 13.0 Å². The minimum Gasteiger partial charge on any atom is -0.471 e. The summed E-state index contributed by atoms with van der Waals surface area (Å²) in [6.45, 7) is 3.59. The van der Waals surface area contributed by atoms with Gasteiger partial charge in [0.05, 0.1) is 24.7 Å². The molecule has 0 spiro atoms. The lowest BCUT2D eigenvalue weighted by atomic mass is 10.2. The van der Waals surface area contributed by atoms with Crippen LogP contribution in [0, 0.1) is 11.3 Å². The molecule has 1 fully saturated rings. The number of ether oxygens (including phenoxy) is 1. The molecule has 2 heterocycles. The van der Waals surface area contributed by atoms with Gasteiger partial charge in [-0.15, -0.1) is 0 Å². The van der Waals surface area contributed by atoms with Crippen molar-refractivity contribution >= 4 is 6.03 Å². The molecule has 94 valence electrons. The molecule has 0 atom stereocenters. The summed E-state index contributed by atoms with van der Waals surface area (Å²) in [6, 6.07) is 5.16. The fourth-order valence-corrected chi connectivity index (χ4v) is 1.66. The van der Waals surface area contributed by atoms with Crippen LogP contribution in [0.3, 0.4) is 0 Å². The van der Waals surface area contributed by atoms with Crippen LogP contribution in [0.25, 0.3) is 0 Å². The van der Waals surface area contributed by atoms with Gasteiger partial charge < -0.3 is 15.0 Å². The monoisotopic (exact) mass is 246 g/mol. The Bertz CT molecular complexity index is 477. The van der Waals surface area contributed by atoms with Gasteiger partial charge >= 0.3 is 6.03 Å². The SMILES string of the molecule is CCNC(=O)N1CC(Oc2cc(C#N)ccn2)C1. The smallest absolute Gasteiger partial charge is 0.317 e. The maximum Gasteiger partial charge on any atom is 0.317 e. The maximum absolute atomic E-state index is 11.4. The van der Waals surface area contributed by atoms with Crippen molar-refractivity contribution in [1.82, 2.24) is 15.2 Å². The van der Waals surface area contributed by atoms with Crippen LogP contribution in [0.1, 0.15) is 12.5 Å². The van der Waals surface area contributed by atoms with Crippen LogP contribution in [0.2, 0.25) is 0 Å². The lowest BCUT2D eigenvalue weighted by Gasteiger charge is -2.38. The molecule has 0 aliphatic carbocycles. The number of carbonyl (C=O) groups excluding carboxylic acids is 1. The number of nitriles is 1. The first kappa shape index (κ1) is 12.2. The maximum atomic E-state index is 11.4. The molecule has 1 aromatic heterocycles. The molecule has 0 bridgehead atoms. The van der Waals surface area contributed by atoms with Crippen molar-refractivity contribution in [3.63, 3.8) is 0 Å². The molecule has 1 aliphatic rings. The summed E-state index contributed by atoms with van der Waals surface area (Å²) in [7, 11) is 0. The number of pyridine rings is 1. The van der Waals surface area contributed by atoms with Gasteiger partial charge in [-0.25, -0.2) is 9.78 Å². The standard InChI is InChI=1S/C12H14N4O2/c1-2-14-12(17)16-7-10(8-16)18-11-5-9(6-13)3-4-15-11/h3-5,10H,2,7-8H2,1H3,(H,14,17). The summed E-state index contributed by atoms with van der Waals surface area (Å²) in [5, 5.41) is 11.5. The largest absolute Gasteiger partial charge is 0.471 e. The van der Waals surface area contributed by atoms with Crippen molar-refractivity contribution in [1.29, 1.82) is 5.26 Å². The molecule has 1 aliphatic heterocycles. The first-order chi connectivity index (χ1) is 8.72. The Morgan fingerprint density at radius 1 is 1.72 bits per heavy atom. The Hall–Kier alpha value is -2.29. The van der Waals surface area contributed by atoms with E-state index >= 15 is 0 Å². The van der Waals surface area contributed by atoms with Gasteiger partial charge in [-0.05, 0) is 13.0 Å². The van der Waals surface area contributed by atoms with Crippen LogP contribution in [0.15, 0.2) is 18.3 Å². The molecule has 6 heteroatoms. The number of amides is 2. The highest BCUT2D eigenvalue weighted by molar-refractivity contribution is 5.75. The Morgan fingerprint density at radius 2 is 2.50 bits per heavy atom. The number of hydrogen-bond acceptors (Lipinski definition) is 4. The highest BCUT2D eigenvalue weighted by Gasteiger charge is 2.32. The van der Waals surface area contributed by atoms with Crippen molar-refractivity contribution in [3.8, 4) is 11.9 Å². The second-order valence-electron chi connectivity index (χ2n) is 3.97. The second-order valence-corrected chi connectivity index (χ2v) is 3.97. The zero-order valence-electron chi connectivity index (χ0n) is 10.1. The normalized spacial score (nSPS) is 14.6. The Kier molecular flexibility index (Phi) is 3.63. The minimum absolute atomic E-state index is 0.0472. The Labute approximate surface area is 105 Å². The summed E-state index contributed by atoms with van der Waals surface area (Å²) in [6.07, 6.45) is 1.49. The molecule has 0 radical (unpaired) electrons. The van der Waals surface area contributed by atoms with Crippen molar-refractivity contribution < 1.29 is 9.53 Å². The van der Waals surface area contributed by atoms with Crippen molar-refractivity contribution in [2.24, 2.45) is 0 Å². The molecule has 1 N–H and O–H groups in total. The van der Waals surface area contributed by atoms with Gasteiger partial charge in [0, 0.05) is 18.8 Å². The van der Waals surface area contributed by atoms with Crippen LogP contribution in [0.4, 0.5) is 4.79 Å². The van der Waals surface area contributed by atoms with Gasteiger partial charge in [-0.2, -0.15) is 5.26 Å². The molecule has 1 saturated heterocycles. The molecular formula is C12H14N4O2. The number of likely N-dealkylation sites (tertiary alicyclic amines) is 1. The van der Waals surface area contributed by atoms with E-state index in [1.165, 1.54) is 6.20 Å². The van der Waals surface area contributed by atoms with E-state index in [1.54, 1.807) is 17.0 Å². The molecule has 0 saturated carbocycles. The Morgan fingerprint density at radius 3 is 3.17 bits per heavy atom. The van der Waals surface area contributed by atoms with Crippen LogP contribution in [0.5, 0.6) is 5.88 Å². The molecule has 0 aromatic carbocycles. The van der Waals surface area contributed by atoms with E-state index in [4.69, 9.17) is 10.00 Å².